The lowest BCUT2D eigenvalue weighted by atomic mass is 9.75. The molecule has 1 fully saturated rings. The molecule has 170 valence electrons. The number of rotatable bonds is 8. The van der Waals surface area contributed by atoms with Crippen LogP contribution < -0.4 is 5.32 Å². The zero-order chi connectivity index (χ0) is 22.6. The summed E-state index contributed by atoms with van der Waals surface area (Å²) in [6.45, 7) is 5.31. The summed E-state index contributed by atoms with van der Waals surface area (Å²) in [4.78, 5) is 16.7. The van der Waals surface area contributed by atoms with Crippen LogP contribution in [0.15, 0.2) is 18.2 Å². The first kappa shape index (κ1) is 24.6. The number of pyridine rings is 1. The molecule has 0 aliphatic carbocycles. The molecule has 10 heteroatoms. The maximum Gasteiger partial charge on any atom is 0.392 e. The van der Waals surface area contributed by atoms with Crippen molar-refractivity contribution in [1.82, 2.24) is 14.6 Å². The van der Waals surface area contributed by atoms with Crippen LogP contribution in [-0.2, 0) is 20.2 Å². The second kappa shape index (κ2) is 9.64. The maximum absolute atomic E-state index is 12.8. The van der Waals surface area contributed by atoms with Gasteiger partial charge in [0.05, 0.1) is 11.7 Å². The zero-order valence-electron chi connectivity index (χ0n) is 17.6. The van der Waals surface area contributed by atoms with E-state index in [1.165, 1.54) is 4.31 Å². The number of hydrogen-bond acceptors (Lipinski definition) is 4. The van der Waals surface area contributed by atoms with Gasteiger partial charge in [-0.15, -0.1) is 0 Å². The predicted octanol–water partition coefficient (Wildman–Crippen LogP) is 3.17. The first-order valence-corrected chi connectivity index (χ1v) is 11.8. The van der Waals surface area contributed by atoms with Crippen LogP contribution >= 0.6 is 0 Å². The normalized spacial score (nSPS) is 18.7. The lowest BCUT2D eigenvalue weighted by Gasteiger charge is -2.41. The summed E-state index contributed by atoms with van der Waals surface area (Å²) in [5, 5.41) is 2.65. The molecule has 0 bridgehead atoms. The number of nitrogens with one attached hydrogen (secondary N) is 1. The highest BCUT2D eigenvalue weighted by atomic mass is 32.2. The van der Waals surface area contributed by atoms with Crippen molar-refractivity contribution < 1.29 is 26.4 Å². The highest BCUT2D eigenvalue weighted by Crippen LogP contribution is 2.35. The molecule has 2 rings (SSSR count). The number of aromatic nitrogens is 1. The number of alkyl halides is 3. The number of amides is 1. The van der Waals surface area contributed by atoms with Crippen LogP contribution in [0.25, 0.3) is 0 Å². The molecule has 1 amide bonds. The van der Waals surface area contributed by atoms with E-state index in [0.29, 0.717) is 19.3 Å². The molecule has 1 atom stereocenters. The molecule has 1 aromatic rings. The number of nitrogens with zero attached hydrogens (tertiary/aromatic N) is 2. The van der Waals surface area contributed by atoms with Crippen molar-refractivity contribution in [3.63, 3.8) is 0 Å². The molecule has 0 radical (unpaired) electrons. The van der Waals surface area contributed by atoms with Crippen LogP contribution in [0.1, 0.15) is 50.9 Å². The van der Waals surface area contributed by atoms with Gasteiger partial charge in [0.25, 0.3) is 0 Å². The molecule has 2 heterocycles. The summed E-state index contributed by atoms with van der Waals surface area (Å²) in [6, 6.07) is 5.50. The molecular formula is C20H30F3N3O3S. The first-order valence-electron chi connectivity index (χ1n) is 10.1. The number of carbonyl (C=O) groups is 1. The number of hydrogen-bond donors (Lipinski definition) is 1. The largest absolute Gasteiger partial charge is 0.392 e. The molecular weight excluding hydrogens is 419 g/mol. The fourth-order valence-corrected chi connectivity index (χ4v) is 5.19. The highest BCUT2D eigenvalue weighted by molar-refractivity contribution is 7.89. The monoisotopic (exact) mass is 449 g/mol. The van der Waals surface area contributed by atoms with Crippen LogP contribution in [0.2, 0.25) is 0 Å². The summed E-state index contributed by atoms with van der Waals surface area (Å²) in [5.74, 6) is -2.33. The molecule has 1 aliphatic heterocycles. The van der Waals surface area contributed by atoms with Gasteiger partial charge in [0, 0.05) is 42.9 Å². The van der Waals surface area contributed by atoms with Crippen molar-refractivity contribution in [2.75, 3.05) is 25.4 Å². The lowest BCUT2D eigenvalue weighted by molar-refractivity contribution is -0.174. The van der Waals surface area contributed by atoms with Gasteiger partial charge < -0.3 is 5.32 Å². The zero-order valence-corrected chi connectivity index (χ0v) is 18.4. The molecule has 1 aliphatic rings. The van der Waals surface area contributed by atoms with Crippen molar-refractivity contribution in [1.29, 1.82) is 0 Å². The van der Waals surface area contributed by atoms with Gasteiger partial charge in [-0.25, -0.2) is 12.7 Å². The minimum absolute atomic E-state index is 0.0781. The molecule has 0 spiro atoms. The minimum atomic E-state index is -4.42. The fraction of sp³-hybridized carbons (Fsp3) is 0.700. The van der Waals surface area contributed by atoms with E-state index in [9.17, 15) is 26.4 Å². The Morgan fingerprint density at radius 2 is 1.93 bits per heavy atom. The Morgan fingerprint density at radius 3 is 2.47 bits per heavy atom. The molecule has 0 saturated carbocycles. The molecule has 1 saturated heterocycles. The van der Waals surface area contributed by atoms with Crippen LogP contribution in [0, 0.1) is 12.8 Å². The molecule has 0 aromatic carbocycles. The van der Waals surface area contributed by atoms with Crippen molar-refractivity contribution in [2.24, 2.45) is 5.92 Å². The molecule has 1 aromatic heterocycles. The number of carbonyl (C=O) groups excluding carboxylic acids is 1. The van der Waals surface area contributed by atoms with Gasteiger partial charge in [-0.05, 0) is 38.3 Å². The van der Waals surface area contributed by atoms with E-state index in [0.717, 1.165) is 18.3 Å². The third-order valence-corrected chi connectivity index (χ3v) is 7.72. The van der Waals surface area contributed by atoms with E-state index in [2.05, 4.69) is 10.3 Å². The number of sulfonamides is 1. The van der Waals surface area contributed by atoms with Gasteiger partial charge >= 0.3 is 6.18 Å². The Balaban J connectivity index is 2.16. The molecule has 30 heavy (non-hydrogen) atoms. The topological polar surface area (TPSA) is 79.4 Å². The average Bonchev–Trinajstić information content (AvgIpc) is 2.66. The van der Waals surface area contributed by atoms with Crippen molar-refractivity contribution in [2.45, 2.75) is 58.0 Å². The summed E-state index contributed by atoms with van der Waals surface area (Å²) in [7, 11) is -3.34. The maximum atomic E-state index is 12.8. The van der Waals surface area contributed by atoms with E-state index in [1.807, 2.05) is 25.1 Å². The second-order valence-electron chi connectivity index (χ2n) is 8.08. The summed E-state index contributed by atoms with van der Waals surface area (Å²) < 4.78 is 64.5. The lowest BCUT2D eigenvalue weighted by Crippen LogP contribution is -2.51. The summed E-state index contributed by atoms with van der Waals surface area (Å²) in [6.07, 6.45) is -3.68. The van der Waals surface area contributed by atoms with Gasteiger partial charge in [0.2, 0.25) is 15.9 Å². The third kappa shape index (κ3) is 6.16. The van der Waals surface area contributed by atoms with Gasteiger partial charge in [0.1, 0.15) is 0 Å². The highest BCUT2D eigenvalue weighted by Gasteiger charge is 2.41. The quantitative estimate of drug-likeness (QED) is 0.661. The first-order chi connectivity index (χ1) is 13.9. The molecule has 1 N–H and O–H groups in total. The van der Waals surface area contributed by atoms with E-state index in [-0.39, 0.29) is 25.4 Å². The molecule has 6 nitrogen and oxygen atoms in total. The number of halogens is 3. The SMILES string of the molecule is CCCS(=O)(=O)N1CCC(CNC(=O)CC(C)C(F)(F)F)(c2cccc(C)n2)CC1. The summed E-state index contributed by atoms with van der Waals surface area (Å²) in [5.41, 5.74) is 0.880. The second-order valence-corrected chi connectivity index (χ2v) is 10.2. The van der Waals surface area contributed by atoms with Crippen molar-refractivity contribution in [3.05, 3.63) is 29.6 Å². The number of piperidine rings is 1. The fourth-order valence-electron chi connectivity index (χ4n) is 3.68. The van der Waals surface area contributed by atoms with Crippen LogP contribution in [0.3, 0.4) is 0 Å². The van der Waals surface area contributed by atoms with Crippen molar-refractivity contribution >= 4 is 15.9 Å². The van der Waals surface area contributed by atoms with Gasteiger partial charge in [0.15, 0.2) is 0 Å². The van der Waals surface area contributed by atoms with Crippen LogP contribution in [-0.4, -0.2) is 55.2 Å². The van der Waals surface area contributed by atoms with E-state index < -0.39 is 39.9 Å². The van der Waals surface area contributed by atoms with Gasteiger partial charge in [-0.2, -0.15) is 13.2 Å². The third-order valence-electron chi connectivity index (χ3n) is 5.64. The average molecular weight is 450 g/mol. The van der Waals surface area contributed by atoms with E-state index in [1.54, 1.807) is 6.92 Å². The Hall–Kier alpha value is -1.68. The predicted molar refractivity (Wildman–Crippen MR) is 108 cm³/mol. The van der Waals surface area contributed by atoms with E-state index in [4.69, 9.17) is 0 Å². The number of aryl methyl sites for hydroxylation is 1. The Morgan fingerprint density at radius 1 is 1.30 bits per heavy atom. The Kier molecular flexibility index (Phi) is 7.90. The van der Waals surface area contributed by atoms with Crippen LogP contribution in [0.4, 0.5) is 13.2 Å². The smallest absolute Gasteiger partial charge is 0.355 e. The minimum Gasteiger partial charge on any atom is -0.355 e. The molecule has 1 unspecified atom stereocenters. The summed E-state index contributed by atoms with van der Waals surface area (Å²) >= 11 is 0. The standard InChI is InChI=1S/C20H30F3N3O3S/c1-4-12-30(28,29)26-10-8-19(9-11-26,17-7-5-6-16(3)25-17)14-24-18(27)13-15(2)20(21,22)23/h5-7,15H,4,8-14H2,1-3H3,(H,24,27). The van der Waals surface area contributed by atoms with Crippen LogP contribution in [0.5, 0.6) is 0 Å². The van der Waals surface area contributed by atoms with E-state index >= 15 is 0 Å². The Bertz CT molecular complexity index is 835. The van der Waals surface area contributed by atoms with Gasteiger partial charge in [-0.1, -0.05) is 19.9 Å². The van der Waals surface area contributed by atoms with Gasteiger partial charge in [-0.3, -0.25) is 9.78 Å². The Labute approximate surface area is 176 Å². The van der Waals surface area contributed by atoms with Crippen molar-refractivity contribution in [3.8, 4) is 0 Å².